The van der Waals surface area contributed by atoms with Crippen molar-refractivity contribution in [3.05, 3.63) is 56.2 Å². The molecule has 150 valence electrons. The lowest BCUT2D eigenvalue weighted by Crippen LogP contribution is -2.34. The van der Waals surface area contributed by atoms with Gasteiger partial charge in [0.05, 0.1) is 32.8 Å². The molecule has 8 nitrogen and oxygen atoms in total. The molecule has 0 aliphatic carbocycles. The molecule has 1 aliphatic rings. The number of ether oxygens (including phenoxy) is 1. The van der Waals surface area contributed by atoms with E-state index in [2.05, 4.69) is 9.72 Å². The predicted octanol–water partition coefficient (Wildman–Crippen LogP) is 4.42. The molecule has 1 saturated heterocycles. The second-order valence-electron chi connectivity index (χ2n) is 6.74. The molecule has 1 fully saturated rings. The average Bonchev–Trinajstić information content (AvgIpc) is 3.16. The summed E-state index contributed by atoms with van der Waals surface area (Å²) in [6.45, 7) is 1.24. The molecular weight excluding hydrogens is 416 g/mol. The molecule has 0 spiro atoms. The van der Waals surface area contributed by atoms with Gasteiger partial charge in [0, 0.05) is 36.3 Å². The Balaban J connectivity index is 1.53. The lowest BCUT2D eigenvalue weighted by Gasteiger charge is -2.31. The first kappa shape index (κ1) is 19.5. The zero-order valence-corrected chi connectivity index (χ0v) is 17.1. The fraction of sp³-hybridized carbons (Fsp3) is 0.316. The molecule has 0 atom stereocenters. The molecule has 0 amide bonds. The highest BCUT2D eigenvalue weighted by Gasteiger charge is 2.29. The van der Waals surface area contributed by atoms with E-state index in [9.17, 15) is 14.9 Å². The van der Waals surface area contributed by atoms with E-state index < -0.39 is 10.9 Å². The molecule has 0 N–H and O–H groups in total. The molecule has 1 aromatic carbocycles. The lowest BCUT2D eigenvalue weighted by atomic mass is 9.97. The van der Waals surface area contributed by atoms with E-state index in [0.29, 0.717) is 18.1 Å². The molecule has 0 unspecified atom stereocenters. The van der Waals surface area contributed by atoms with Gasteiger partial charge in [-0.05, 0) is 31.0 Å². The normalized spacial score (nSPS) is 14.9. The Labute approximate surface area is 175 Å². The smallest absolute Gasteiger partial charge is 0.339 e. The standard InChI is InChI=1S/C19H17ClN4O4S/c1-28-19(25)12-8-15(24(26)27)17(21-10-12)23-6-4-11(5-7-23)18-22-14-9-13(20)2-3-16(14)29-18/h2-3,8-11H,4-7H2,1H3. The van der Waals surface area contributed by atoms with Crippen LogP contribution in [-0.2, 0) is 4.74 Å². The highest BCUT2D eigenvalue weighted by Crippen LogP contribution is 2.37. The average molecular weight is 433 g/mol. The van der Waals surface area contributed by atoms with Gasteiger partial charge in [0.2, 0.25) is 5.82 Å². The van der Waals surface area contributed by atoms with Gasteiger partial charge in [0.1, 0.15) is 0 Å². The number of fused-ring (bicyclic) bond motifs is 1. The summed E-state index contributed by atoms with van der Waals surface area (Å²) in [4.78, 5) is 33.5. The van der Waals surface area contributed by atoms with Crippen LogP contribution in [0.2, 0.25) is 5.02 Å². The highest BCUT2D eigenvalue weighted by molar-refractivity contribution is 7.18. The minimum Gasteiger partial charge on any atom is -0.465 e. The third-order valence-electron chi connectivity index (χ3n) is 4.97. The lowest BCUT2D eigenvalue weighted by molar-refractivity contribution is -0.384. The molecule has 0 bridgehead atoms. The van der Waals surface area contributed by atoms with Gasteiger partial charge >= 0.3 is 11.7 Å². The van der Waals surface area contributed by atoms with Crippen LogP contribution in [0.1, 0.15) is 34.1 Å². The van der Waals surface area contributed by atoms with Crippen molar-refractivity contribution >= 4 is 50.6 Å². The van der Waals surface area contributed by atoms with E-state index in [1.807, 2.05) is 23.1 Å². The first-order chi connectivity index (χ1) is 14.0. The fourth-order valence-electron chi connectivity index (χ4n) is 3.48. The Morgan fingerprint density at radius 3 is 2.79 bits per heavy atom. The number of carbonyl (C=O) groups is 1. The number of aromatic nitrogens is 2. The monoisotopic (exact) mass is 432 g/mol. The molecule has 0 saturated carbocycles. The number of thiazole rings is 1. The number of carbonyl (C=O) groups excluding carboxylic acids is 1. The number of hydrogen-bond donors (Lipinski definition) is 0. The Morgan fingerprint density at radius 2 is 2.10 bits per heavy atom. The third-order valence-corrected chi connectivity index (χ3v) is 6.41. The SMILES string of the molecule is COC(=O)c1cnc(N2CCC(c3nc4cc(Cl)ccc4s3)CC2)c([N+](=O)[O-])c1. The van der Waals surface area contributed by atoms with Crippen LogP contribution < -0.4 is 4.90 Å². The highest BCUT2D eigenvalue weighted by atomic mass is 35.5. The summed E-state index contributed by atoms with van der Waals surface area (Å²) < 4.78 is 5.72. The maximum Gasteiger partial charge on any atom is 0.339 e. The van der Waals surface area contributed by atoms with Crippen LogP contribution in [0.15, 0.2) is 30.5 Å². The van der Waals surface area contributed by atoms with Gasteiger partial charge in [-0.2, -0.15) is 0 Å². The van der Waals surface area contributed by atoms with Crippen molar-refractivity contribution in [2.45, 2.75) is 18.8 Å². The van der Waals surface area contributed by atoms with E-state index in [4.69, 9.17) is 16.6 Å². The van der Waals surface area contributed by atoms with Crippen molar-refractivity contribution in [3.8, 4) is 0 Å². The quantitative estimate of drug-likeness (QED) is 0.341. The molecule has 3 aromatic rings. The van der Waals surface area contributed by atoms with Crippen molar-refractivity contribution in [1.29, 1.82) is 0 Å². The third kappa shape index (κ3) is 3.88. The molecule has 10 heteroatoms. The molecule has 2 aromatic heterocycles. The minimum absolute atomic E-state index is 0.0611. The number of methoxy groups -OCH3 is 1. The molecule has 0 radical (unpaired) electrons. The summed E-state index contributed by atoms with van der Waals surface area (Å²) >= 11 is 7.71. The molecule has 4 rings (SSSR count). The molecule has 29 heavy (non-hydrogen) atoms. The van der Waals surface area contributed by atoms with Crippen LogP contribution in [0.3, 0.4) is 0 Å². The number of nitro groups is 1. The van der Waals surface area contributed by atoms with Crippen LogP contribution in [0.25, 0.3) is 10.2 Å². The van der Waals surface area contributed by atoms with Gasteiger partial charge in [-0.1, -0.05) is 11.6 Å². The van der Waals surface area contributed by atoms with E-state index in [0.717, 1.165) is 28.1 Å². The van der Waals surface area contributed by atoms with E-state index in [-0.39, 0.29) is 23.0 Å². The van der Waals surface area contributed by atoms with Gasteiger partial charge in [-0.25, -0.2) is 14.8 Å². The fourth-order valence-corrected chi connectivity index (χ4v) is 4.77. The second kappa shape index (κ2) is 7.92. The first-order valence-electron chi connectivity index (χ1n) is 9.00. The molecule has 3 heterocycles. The van der Waals surface area contributed by atoms with Crippen molar-refractivity contribution in [2.75, 3.05) is 25.1 Å². The maximum absolute atomic E-state index is 11.7. The number of benzene rings is 1. The van der Waals surface area contributed by atoms with Crippen molar-refractivity contribution in [3.63, 3.8) is 0 Å². The van der Waals surface area contributed by atoms with Crippen LogP contribution in [-0.4, -0.2) is 41.1 Å². The summed E-state index contributed by atoms with van der Waals surface area (Å²) in [5.74, 6) is -0.0881. The van der Waals surface area contributed by atoms with Crippen molar-refractivity contribution in [2.24, 2.45) is 0 Å². The maximum atomic E-state index is 11.7. The Bertz CT molecular complexity index is 1100. The van der Waals surface area contributed by atoms with Gasteiger partial charge in [0.25, 0.3) is 0 Å². The Morgan fingerprint density at radius 1 is 1.34 bits per heavy atom. The van der Waals surface area contributed by atoms with Crippen LogP contribution >= 0.6 is 22.9 Å². The summed E-state index contributed by atoms with van der Waals surface area (Å²) in [5.41, 5.74) is 0.766. The van der Waals surface area contributed by atoms with Crippen LogP contribution in [0.5, 0.6) is 0 Å². The van der Waals surface area contributed by atoms with Crippen molar-refractivity contribution in [1.82, 2.24) is 9.97 Å². The topological polar surface area (TPSA) is 98.5 Å². The Hall–Kier alpha value is -2.78. The van der Waals surface area contributed by atoms with Crippen LogP contribution in [0, 0.1) is 10.1 Å². The predicted molar refractivity (Wildman–Crippen MR) is 111 cm³/mol. The van der Waals surface area contributed by atoms with E-state index in [1.54, 1.807) is 11.3 Å². The molecular formula is C19H17ClN4O4S. The van der Waals surface area contributed by atoms with Gasteiger partial charge in [-0.15, -0.1) is 11.3 Å². The summed E-state index contributed by atoms with van der Waals surface area (Å²) in [6.07, 6.45) is 2.94. The second-order valence-corrected chi connectivity index (χ2v) is 8.24. The number of piperidine rings is 1. The number of esters is 1. The number of rotatable bonds is 4. The van der Waals surface area contributed by atoms with Gasteiger partial charge in [-0.3, -0.25) is 10.1 Å². The molecule has 1 aliphatic heterocycles. The van der Waals surface area contributed by atoms with E-state index >= 15 is 0 Å². The number of pyridine rings is 1. The van der Waals surface area contributed by atoms with Crippen LogP contribution in [0.4, 0.5) is 11.5 Å². The Kier molecular flexibility index (Phi) is 5.33. The summed E-state index contributed by atoms with van der Waals surface area (Å²) in [7, 11) is 1.23. The summed E-state index contributed by atoms with van der Waals surface area (Å²) in [6, 6.07) is 6.92. The number of nitrogens with zero attached hydrogens (tertiary/aromatic N) is 4. The number of anilines is 1. The zero-order valence-electron chi connectivity index (χ0n) is 15.5. The minimum atomic E-state index is -0.651. The first-order valence-corrected chi connectivity index (χ1v) is 10.2. The largest absolute Gasteiger partial charge is 0.465 e. The summed E-state index contributed by atoms with van der Waals surface area (Å²) in [5, 5.41) is 13.2. The number of halogens is 1. The van der Waals surface area contributed by atoms with Crippen molar-refractivity contribution < 1.29 is 14.5 Å². The van der Waals surface area contributed by atoms with Gasteiger partial charge < -0.3 is 9.64 Å². The number of hydrogen-bond acceptors (Lipinski definition) is 8. The van der Waals surface area contributed by atoms with E-state index in [1.165, 1.54) is 19.4 Å². The van der Waals surface area contributed by atoms with Gasteiger partial charge in [0.15, 0.2) is 0 Å². The zero-order chi connectivity index (χ0) is 20.5.